The molecular weight excluding hydrogens is 344 g/mol. The number of anilines is 1. The maximum atomic E-state index is 13.0. The van der Waals surface area contributed by atoms with Gasteiger partial charge < -0.3 is 10.2 Å². The molecule has 6 heteroatoms. The summed E-state index contributed by atoms with van der Waals surface area (Å²) in [7, 11) is 0. The van der Waals surface area contributed by atoms with E-state index in [9.17, 15) is 4.79 Å². The standard InChI is InChI=1S/C20H28N4OS/c1-12-14(3)26-19-17(12)18(21-11-22-19)23-13(2)20(25)24-9-8-15-6-4-5-7-16(15)10-24/h11,13,15-16H,4-10H2,1-3H3,(H,21,22,23)/t13-,15+,16+/m1/s1. The quantitative estimate of drug-likeness (QED) is 0.879. The minimum absolute atomic E-state index is 0.199. The molecule has 0 spiro atoms. The zero-order chi connectivity index (χ0) is 18.3. The molecule has 2 fully saturated rings. The minimum Gasteiger partial charge on any atom is -0.358 e. The highest BCUT2D eigenvalue weighted by atomic mass is 32.1. The molecule has 1 aliphatic carbocycles. The van der Waals surface area contributed by atoms with Gasteiger partial charge in [0.25, 0.3) is 0 Å². The summed E-state index contributed by atoms with van der Waals surface area (Å²) >= 11 is 1.68. The largest absolute Gasteiger partial charge is 0.358 e. The van der Waals surface area contributed by atoms with E-state index in [0.29, 0.717) is 5.92 Å². The number of thiophene rings is 1. The van der Waals surface area contributed by atoms with Crippen molar-refractivity contribution in [3.05, 3.63) is 16.8 Å². The summed E-state index contributed by atoms with van der Waals surface area (Å²) in [6.45, 7) is 8.00. The van der Waals surface area contributed by atoms with Crippen LogP contribution in [0.15, 0.2) is 6.33 Å². The fraction of sp³-hybridized carbons (Fsp3) is 0.650. The van der Waals surface area contributed by atoms with Crippen LogP contribution < -0.4 is 5.32 Å². The van der Waals surface area contributed by atoms with Crippen molar-refractivity contribution >= 4 is 33.3 Å². The lowest BCUT2D eigenvalue weighted by Crippen LogP contribution is -2.49. The third-order valence-corrected chi connectivity index (χ3v) is 7.41. The van der Waals surface area contributed by atoms with E-state index >= 15 is 0 Å². The van der Waals surface area contributed by atoms with E-state index in [1.807, 2.05) is 6.92 Å². The molecule has 3 atom stereocenters. The maximum Gasteiger partial charge on any atom is 0.244 e. The molecule has 4 rings (SSSR count). The number of amides is 1. The molecule has 26 heavy (non-hydrogen) atoms. The van der Waals surface area contributed by atoms with Crippen LogP contribution in [0.5, 0.6) is 0 Å². The number of piperidine rings is 1. The highest BCUT2D eigenvalue weighted by Crippen LogP contribution is 2.36. The van der Waals surface area contributed by atoms with Gasteiger partial charge in [-0.15, -0.1) is 11.3 Å². The average Bonchev–Trinajstić information content (AvgIpc) is 2.95. The third-order valence-electron chi connectivity index (χ3n) is 6.29. The van der Waals surface area contributed by atoms with Gasteiger partial charge in [0.1, 0.15) is 23.0 Å². The van der Waals surface area contributed by atoms with Crippen molar-refractivity contribution in [1.82, 2.24) is 14.9 Å². The molecule has 0 unspecified atom stereocenters. The van der Waals surface area contributed by atoms with Gasteiger partial charge in [0.15, 0.2) is 0 Å². The lowest BCUT2D eigenvalue weighted by Gasteiger charge is -2.42. The van der Waals surface area contributed by atoms with Crippen LogP contribution >= 0.6 is 11.3 Å². The number of nitrogens with one attached hydrogen (secondary N) is 1. The summed E-state index contributed by atoms with van der Waals surface area (Å²) in [6, 6.07) is -0.271. The van der Waals surface area contributed by atoms with Gasteiger partial charge in [-0.05, 0) is 51.0 Å². The molecule has 3 heterocycles. The summed E-state index contributed by atoms with van der Waals surface area (Å²) in [5, 5.41) is 4.43. The molecule has 1 saturated heterocycles. The summed E-state index contributed by atoms with van der Waals surface area (Å²) in [5.41, 5.74) is 1.20. The number of hydrogen-bond donors (Lipinski definition) is 1. The van der Waals surface area contributed by atoms with Crippen molar-refractivity contribution in [3.8, 4) is 0 Å². The fourth-order valence-electron chi connectivity index (χ4n) is 4.63. The molecule has 2 aliphatic rings. The van der Waals surface area contributed by atoms with Gasteiger partial charge >= 0.3 is 0 Å². The van der Waals surface area contributed by atoms with E-state index in [4.69, 9.17) is 0 Å². The third kappa shape index (κ3) is 3.20. The molecule has 1 N–H and O–H groups in total. The zero-order valence-corrected chi connectivity index (χ0v) is 16.7. The van der Waals surface area contributed by atoms with Crippen LogP contribution in [0.25, 0.3) is 10.2 Å². The van der Waals surface area contributed by atoms with Gasteiger partial charge in [-0.1, -0.05) is 19.3 Å². The van der Waals surface area contributed by atoms with Crippen molar-refractivity contribution in [2.24, 2.45) is 11.8 Å². The molecule has 0 bridgehead atoms. The number of likely N-dealkylation sites (tertiary alicyclic amines) is 1. The molecule has 2 aromatic rings. The number of nitrogens with zero attached hydrogens (tertiary/aromatic N) is 3. The second kappa shape index (κ2) is 7.14. The van der Waals surface area contributed by atoms with Crippen LogP contribution in [0.1, 0.15) is 49.5 Å². The Balaban J connectivity index is 1.48. The Bertz CT molecular complexity index is 817. The highest BCUT2D eigenvalue weighted by molar-refractivity contribution is 7.18. The smallest absolute Gasteiger partial charge is 0.244 e. The van der Waals surface area contributed by atoms with Crippen LogP contribution in [0, 0.1) is 25.7 Å². The van der Waals surface area contributed by atoms with Crippen molar-refractivity contribution in [1.29, 1.82) is 0 Å². The molecule has 1 saturated carbocycles. The van der Waals surface area contributed by atoms with Gasteiger partial charge in [-0.2, -0.15) is 0 Å². The highest BCUT2D eigenvalue weighted by Gasteiger charge is 2.34. The fourth-order valence-corrected chi connectivity index (χ4v) is 5.63. The number of rotatable bonds is 3. The molecule has 1 amide bonds. The molecule has 0 aromatic carbocycles. The minimum atomic E-state index is -0.271. The van der Waals surface area contributed by atoms with E-state index in [-0.39, 0.29) is 11.9 Å². The lowest BCUT2D eigenvalue weighted by atomic mass is 9.75. The van der Waals surface area contributed by atoms with E-state index < -0.39 is 0 Å². The van der Waals surface area contributed by atoms with Crippen LogP contribution in [-0.2, 0) is 4.79 Å². The first-order valence-corrected chi connectivity index (χ1v) is 10.6. The topological polar surface area (TPSA) is 58.1 Å². The first-order valence-electron chi connectivity index (χ1n) is 9.80. The number of carbonyl (C=O) groups excluding carboxylic acids is 1. The Morgan fingerprint density at radius 1 is 1.23 bits per heavy atom. The summed E-state index contributed by atoms with van der Waals surface area (Å²) < 4.78 is 0. The first kappa shape index (κ1) is 17.7. The van der Waals surface area contributed by atoms with Crippen LogP contribution in [0.2, 0.25) is 0 Å². The summed E-state index contributed by atoms with van der Waals surface area (Å²) in [5.74, 6) is 2.53. The van der Waals surface area contributed by atoms with Gasteiger partial charge in [-0.25, -0.2) is 9.97 Å². The molecule has 0 radical (unpaired) electrons. The predicted octanol–water partition coefficient (Wildman–Crippen LogP) is 4.15. The Kier molecular flexibility index (Phi) is 4.86. The van der Waals surface area contributed by atoms with Gasteiger partial charge in [0.2, 0.25) is 5.91 Å². The van der Waals surface area contributed by atoms with Crippen LogP contribution in [0.3, 0.4) is 0 Å². The first-order chi connectivity index (χ1) is 12.5. The zero-order valence-electron chi connectivity index (χ0n) is 15.9. The molecule has 1 aliphatic heterocycles. The molecule has 5 nitrogen and oxygen atoms in total. The van der Waals surface area contributed by atoms with E-state index in [1.165, 1.54) is 42.5 Å². The number of aryl methyl sites for hydroxylation is 2. The molecular formula is C20H28N4OS. The monoisotopic (exact) mass is 372 g/mol. The normalized spacial score (nSPS) is 24.3. The Labute approximate surface area is 159 Å². The Morgan fingerprint density at radius 2 is 2.00 bits per heavy atom. The van der Waals surface area contributed by atoms with Gasteiger partial charge in [-0.3, -0.25) is 4.79 Å². The SMILES string of the molecule is Cc1sc2ncnc(N[C@H](C)C(=O)N3CC[C@@H]4CCCC[C@H]4C3)c2c1C. The summed E-state index contributed by atoms with van der Waals surface area (Å²) in [4.78, 5) is 26.2. The Hall–Kier alpha value is -1.69. The number of hydrogen-bond acceptors (Lipinski definition) is 5. The second-order valence-corrected chi connectivity index (χ2v) is 9.13. The number of aromatic nitrogens is 2. The summed E-state index contributed by atoms with van der Waals surface area (Å²) in [6.07, 6.45) is 8.10. The van der Waals surface area contributed by atoms with Crippen LogP contribution in [-0.4, -0.2) is 39.9 Å². The van der Waals surface area contributed by atoms with Crippen molar-refractivity contribution in [2.45, 2.75) is 58.9 Å². The van der Waals surface area contributed by atoms with E-state index in [0.717, 1.165) is 35.0 Å². The second-order valence-electron chi connectivity index (χ2n) is 7.93. The number of fused-ring (bicyclic) bond motifs is 2. The Morgan fingerprint density at radius 3 is 2.81 bits per heavy atom. The van der Waals surface area contributed by atoms with Gasteiger partial charge in [0.05, 0.1) is 5.39 Å². The van der Waals surface area contributed by atoms with Crippen molar-refractivity contribution < 1.29 is 4.79 Å². The van der Waals surface area contributed by atoms with Gasteiger partial charge in [0, 0.05) is 18.0 Å². The molecule has 140 valence electrons. The predicted molar refractivity (Wildman–Crippen MR) is 107 cm³/mol. The van der Waals surface area contributed by atoms with Crippen molar-refractivity contribution in [2.75, 3.05) is 18.4 Å². The average molecular weight is 373 g/mol. The van der Waals surface area contributed by atoms with Crippen molar-refractivity contribution in [3.63, 3.8) is 0 Å². The lowest BCUT2D eigenvalue weighted by molar-refractivity contribution is -0.134. The van der Waals surface area contributed by atoms with E-state index in [1.54, 1.807) is 17.7 Å². The van der Waals surface area contributed by atoms with E-state index in [2.05, 4.69) is 34.0 Å². The van der Waals surface area contributed by atoms with Crippen LogP contribution in [0.4, 0.5) is 5.82 Å². The maximum absolute atomic E-state index is 13.0. The number of carbonyl (C=O) groups is 1. The molecule has 2 aromatic heterocycles.